The van der Waals surface area contributed by atoms with Crippen LogP contribution >= 0.6 is 11.8 Å². The number of nitrogens with zero attached hydrogens (tertiary/aromatic N) is 2. The number of carbonyl (C=O) groups excluding carboxylic acids is 1. The summed E-state index contributed by atoms with van der Waals surface area (Å²) in [6, 6.07) is 0. The Morgan fingerprint density at radius 3 is 2.85 bits per heavy atom. The summed E-state index contributed by atoms with van der Waals surface area (Å²) >= 11 is 1.59. The molecule has 0 aromatic carbocycles. The van der Waals surface area contributed by atoms with Crippen LogP contribution < -0.4 is 5.32 Å². The van der Waals surface area contributed by atoms with Crippen molar-refractivity contribution in [3.63, 3.8) is 0 Å². The number of amides is 1. The first-order chi connectivity index (χ1) is 9.58. The van der Waals surface area contributed by atoms with Gasteiger partial charge in [-0.15, -0.1) is 0 Å². The molecule has 6 nitrogen and oxygen atoms in total. The van der Waals surface area contributed by atoms with Crippen LogP contribution in [0.25, 0.3) is 0 Å². The quantitative estimate of drug-likeness (QED) is 0.607. The van der Waals surface area contributed by atoms with Gasteiger partial charge in [-0.1, -0.05) is 11.8 Å². The van der Waals surface area contributed by atoms with E-state index in [1.807, 2.05) is 17.8 Å². The molecule has 2 N–H and O–H groups in total. The van der Waals surface area contributed by atoms with Crippen LogP contribution in [0.2, 0.25) is 0 Å². The van der Waals surface area contributed by atoms with Gasteiger partial charge in [0, 0.05) is 37.7 Å². The van der Waals surface area contributed by atoms with E-state index in [2.05, 4.69) is 10.3 Å². The van der Waals surface area contributed by atoms with Crippen LogP contribution in [-0.4, -0.2) is 38.8 Å². The summed E-state index contributed by atoms with van der Waals surface area (Å²) in [6.45, 7) is 0.574. The Kier molecular flexibility index (Phi) is 5.05. The van der Waals surface area contributed by atoms with Gasteiger partial charge < -0.3 is 15.0 Å². The molecule has 1 fully saturated rings. The third-order valence-corrected chi connectivity index (χ3v) is 4.62. The van der Waals surface area contributed by atoms with E-state index in [1.54, 1.807) is 18.0 Å². The van der Waals surface area contributed by atoms with Crippen molar-refractivity contribution >= 4 is 23.6 Å². The monoisotopic (exact) mass is 297 g/mol. The Bertz CT molecular complexity index is 489. The lowest BCUT2D eigenvalue weighted by Crippen LogP contribution is -2.31. The van der Waals surface area contributed by atoms with Crippen LogP contribution in [0.15, 0.2) is 17.6 Å². The predicted octanol–water partition coefficient (Wildman–Crippen LogP) is 1.13. The van der Waals surface area contributed by atoms with Gasteiger partial charge in [-0.2, -0.15) is 0 Å². The summed E-state index contributed by atoms with van der Waals surface area (Å²) in [4.78, 5) is 26.9. The van der Waals surface area contributed by atoms with Crippen molar-refractivity contribution in [2.24, 2.45) is 18.9 Å². The van der Waals surface area contributed by atoms with Crippen molar-refractivity contribution in [1.29, 1.82) is 0 Å². The molecule has 1 saturated carbocycles. The molecule has 110 valence electrons. The van der Waals surface area contributed by atoms with Crippen molar-refractivity contribution in [1.82, 2.24) is 14.9 Å². The largest absolute Gasteiger partial charge is 0.481 e. The SMILES string of the molecule is Cn1ccnc1SCCNC(=O)[C@H]1CC[C@@H](C(=O)O)C1. The highest BCUT2D eigenvalue weighted by Gasteiger charge is 2.33. The average molecular weight is 297 g/mol. The second-order valence-electron chi connectivity index (χ2n) is 5.01. The molecule has 7 heteroatoms. The number of hydrogen-bond donors (Lipinski definition) is 2. The molecule has 1 aliphatic rings. The van der Waals surface area contributed by atoms with Gasteiger partial charge in [-0.3, -0.25) is 9.59 Å². The molecule has 0 saturated heterocycles. The van der Waals surface area contributed by atoms with Crippen molar-refractivity contribution in [2.75, 3.05) is 12.3 Å². The standard InChI is InChI=1S/C13H19N3O3S/c1-16-6-4-15-13(16)20-7-5-14-11(17)9-2-3-10(8-9)12(18)19/h4,6,9-10H,2-3,5,7-8H2,1H3,(H,14,17)(H,18,19)/t9-,10+/m0/s1. The average Bonchev–Trinajstić information content (AvgIpc) is 3.03. The predicted molar refractivity (Wildman–Crippen MR) is 75.4 cm³/mol. The summed E-state index contributed by atoms with van der Waals surface area (Å²) in [7, 11) is 1.93. The number of carboxylic acid groups (broad SMARTS) is 1. The molecule has 0 unspecified atom stereocenters. The fraction of sp³-hybridized carbons (Fsp3) is 0.615. The number of thioether (sulfide) groups is 1. The number of carboxylic acids is 1. The number of aryl methyl sites for hydroxylation is 1. The molecule has 20 heavy (non-hydrogen) atoms. The minimum atomic E-state index is -0.786. The smallest absolute Gasteiger partial charge is 0.306 e. The zero-order valence-electron chi connectivity index (χ0n) is 11.4. The second kappa shape index (κ2) is 6.78. The number of hydrogen-bond acceptors (Lipinski definition) is 4. The molecule has 0 bridgehead atoms. The van der Waals surface area contributed by atoms with E-state index >= 15 is 0 Å². The van der Waals surface area contributed by atoms with E-state index in [-0.39, 0.29) is 17.7 Å². The van der Waals surface area contributed by atoms with Gasteiger partial charge in [0.1, 0.15) is 0 Å². The molecule has 0 spiro atoms. The van der Waals surface area contributed by atoms with Crippen LogP contribution in [-0.2, 0) is 16.6 Å². The zero-order chi connectivity index (χ0) is 14.5. The summed E-state index contributed by atoms with van der Waals surface area (Å²) in [5, 5.41) is 12.7. The Morgan fingerprint density at radius 1 is 1.50 bits per heavy atom. The maximum atomic E-state index is 11.9. The van der Waals surface area contributed by atoms with Crippen molar-refractivity contribution < 1.29 is 14.7 Å². The lowest BCUT2D eigenvalue weighted by atomic mass is 10.0. The van der Waals surface area contributed by atoms with Gasteiger partial charge >= 0.3 is 5.97 Å². The van der Waals surface area contributed by atoms with Gasteiger partial charge in [0.05, 0.1) is 5.92 Å². The Morgan fingerprint density at radius 2 is 2.25 bits per heavy atom. The van der Waals surface area contributed by atoms with Crippen LogP contribution in [0, 0.1) is 11.8 Å². The van der Waals surface area contributed by atoms with Gasteiger partial charge in [0.2, 0.25) is 5.91 Å². The summed E-state index contributed by atoms with van der Waals surface area (Å²) in [6.07, 6.45) is 5.37. The highest BCUT2D eigenvalue weighted by atomic mass is 32.2. The van der Waals surface area contributed by atoms with Crippen molar-refractivity contribution in [3.8, 4) is 0 Å². The zero-order valence-corrected chi connectivity index (χ0v) is 12.2. The van der Waals surface area contributed by atoms with Crippen LogP contribution in [0.1, 0.15) is 19.3 Å². The molecule has 0 aliphatic heterocycles. The third kappa shape index (κ3) is 3.75. The van der Waals surface area contributed by atoms with E-state index < -0.39 is 5.97 Å². The first kappa shape index (κ1) is 14.9. The Hall–Kier alpha value is -1.50. The van der Waals surface area contributed by atoms with Crippen molar-refractivity contribution in [3.05, 3.63) is 12.4 Å². The molecule has 1 aromatic rings. The van der Waals surface area contributed by atoms with E-state index in [9.17, 15) is 9.59 Å². The Labute approximate surface area is 122 Å². The minimum Gasteiger partial charge on any atom is -0.481 e. The molecule has 2 atom stereocenters. The molecule has 2 rings (SSSR count). The van der Waals surface area contributed by atoms with E-state index in [4.69, 9.17) is 5.11 Å². The number of aliphatic carboxylic acids is 1. The van der Waals surface area contributed by atoms with Gasteiger partial charge in [-0.05, 0) is 19.3 Å². The lowest BCUT2D eigenvalue weighted by Gasteiger charge is -2.10. The fourth-order valence-corrected chi connectivity index (χ4v) is 3.18. The van der Waals surface area contributed by atoms with Crippen LogP contribution in [0.5, 0.6) is 0 Å². The molecular weight excluding hydrogens is 278 g/mol. The highest BCUT2D eigenvalue weighted by Crippen LogP contribution is 2.31. The molecule has 1 heterocycles. The van der Waals surface area contributed by atoms with Crippen LogP contribution in [0.3, 0.4) is 0 Å². The summed E-state index contributed by atoms with van der Waals surface area (Å²) in [5.74, 6) is -0.548. The number of imidazole rings is 1. The maximum absolute atomic E-state index is 11.9. The maximum Gasteiger partial charge on any atom is 0.306 e. The normalized spacial score (nSPS) is 21.9. The van der Waals surface area contributed by atoms with Gasteiger partial charge in [0.15, 0.2) is 5.16 Å². The fourth-order valence-electron chi connectivity index (χ4n) is 2.40. The first-order valence-corrected chi connectivity index (χ1v) is 7.67. The molecule has 0 radical (unpaired) electrons. The van der Waals surface area contributed by atoms with E-state index in [0.717, 1.165) is 10.9 Å². The molecule has 1 amide bonds. The number of nitrogens with one attached hydrogen (secondary N) is 1. The minimum absolute atomic E-state index is 0.0193. The highest BCUT2D eigenvalue weighted by molar-refractivity contribution is 7.99. The van der Waals surface area contributed by atoms with Crippen LogP contribution in [0.4, 0.5) is 0 Å². The van der Waals surface area contributed by atoms with E-state index in [0.29, 0.717) is 25.8 Å². The van der Waals surface area contributed by atoms with Crippen molar-refractivity contribution in [2.45, 2.75) is 24.4 Å². The summed E-state index contributed by atoms with van der Waals surface area (Å²) < 4.78 is 1.93. The Balaban J connectivity index is 1.66. The topological polar surface area (TPSA) is 84.2 Å². The third-order valence-electron chi connectivity index (χ3n) is 3.56. The molecule has 1 aromatic heterocycles. The first-order valence-electron chi connectivity index (χ1n) is 6.68. The molecular formula is C13H19N3O3S. The van der Waals surface area contributed by atoms with Gasteiger partial charge in [0.25, 0.3) is 0 Å². The number of rotatable bonds is 6. The number of aromatic nitrogens is 2. The number of carbonyl (C=O) groups is 2. The summed E-state index contributed by atoms with van der Waals surface area (Å²) in [5.41, 5.74) is 0. The lowest BCUT2D eigenvalue weighted by molar-refractivity contribution is -0.141. The molecule has 1 aliphatic carbocycles. The second-order valence-corrected chi connectivity index (χ2v) is 6.07. The van der Waals surface area contributed by atoms with E-state index in [1.165, 1.54) is 0 Å². The van der Waals surface area contributed by atoms with Gasteiger partial charge in [-0.25, -0.2) is 4.98 Å².